The Morgan fingerprint density at radius 1 is 1.08 bits per heavy atom. The number of rotatable bonds is 8. The minimum atomic E-state index is -3.40. The van der Waals surface area contributed by atoms with Gasteiger partial charge in [-0.3, -0.25) is 9.10 Å². The third kappa shape index (κ3) is 5.59. The van der Waals surface area contributed by atoms with E-state index in [0.717, 1.165) is 11.1 Å². The van der Waals surface area contributed by atoms with E-state index in [1.807, 2.05) is 62.4 Å². The Kier molecular flexibility index (Phi) is 6.80. The Labute approximate surface area is 156 Å². The van der Waals surface area contributed by atoms with Gasteiger partial charge in [0.1, 0.15) is 0 Å². The van der Waals surface area contributed by atoms with Gasteiger partial charge in [-0.15, -0.1) is 0 Å². The summed E-state index contributed by atoms with van der Waals surface area (Å²) in [7, 11) is -3.40. The first-order chi connectivity index (χ1) is 12.3. The molecule has 0 unspecified atom stereocenters. The Morgan fingerprint density at radius 3 is 2.31 bits per heavy atom. The quantitative estimate of drug-likeness (QED) is 0.770. The van der Waals surface area contributed by atoms with Crippen molar-refractivity contribution >= 4 is 21.6 Å². The highest BCUT2D eigenvalue weighted by Gasteiger charge is 2.19. The van der Waals surface area contributed by atoms with Crippen molar-refractivity contribution in [2.45, 2.75) is 32.7 Å². The number of hydrogen-bond donors (Lipinski definition) is 1. The Bertz CT molecular complexity index is 835. The van der Waals surface area contributed by atoms with E-state index in [1.54, 1.807) is 6.07 Å². The van der Waals surface area contributed by atoms with Gasteiger partial charge < -0.3 is 5.32 Å². The smallest absolute Gasteiger partial charge is 0.232 e. The van der Waals surface area contributed by atoms with Crippen molar-refractivity contribution in [3.63, 3.8) is 0 Å². The van der Waals surface area contributed by atoms with Crippen molar-refractivity contribution in [1.82, 2.24) is 5.32 Å². The highest BCUT2D eigenvalue weighted by Crippen LogP contribution is 2.22. The lowest BCUT2D eigenvalue weighted by molar-refractivity contribution is -0.121. The van der Waals surface area contributed by atoms with E-state index >= 15 is 0 Å². The molecule has 6 heteroatoms. The molecule has 5 nitrogen and oxygen atoms in total. The monoisotopic (exact) mass is 374 g/mol. The van der Waals surface area contributed by atoms with Gasteiger partial charge in [0.25, 0.3) is 0 Å². The van der Waals surface area contributed by atoms with Crippen molar-refractivity contribution in [2.75, 3.05) is 17.1 Å². The number of nitrogens with one attached hydrogen (secondary N) is 1. The maximum absolute atomic E-state index is 12.2. The average Bonchev–Trinajstić information content (AvgIpc) is 2.59. The fraction of sp³-hybridized carbons (Fsp3) is 0.350. The first kappa shape index (κ1) is 20.0. The van der Waals surface area contributed by atoms with E-state index in [1.165, 1.54) is 10.6 Å². The third-order valence-electron chi connectivity index (χ3n) is 4.23. The maximum Gasteiger partial charge on any atom is 0.232 e. The van der Waals surface area contributed by atoms with Crippen LogP contribution in [0.15, 0.2) is 54.6 Å². The standard InChI is InChI=1S/C20H26N2O3S/c1-16-10-7-8-13-19(16)22(26(3,24)25)15-9-14-20(23)21-17(2)18-11-5-4-6-12-18/h4-8,10-13,17H,9,14-15H2,1-3H3,(H,21,23)/t17-/m0/s1. The second kappa shape index (κ2) is 8.85. The predicted molar refractivity (Wildman–Crippen MR) is 106 cm³/mol. The lowest BCUT2D eigenvalue weighted by Crippen LogP contribution is -2.33. The van der Waals surface area contributed by atoms with Crippen LogP contribution in [-0.2, 0) is 14.8 Å². The van der Waals surface area contributed by atoms with Crippen LogP contribution in [0, 0.1) is 6.92 Å². The van der Waals surface area contributed by atoms with Crippen molar-refractivity contribution < 1.29 is 13.2 Å². The van der Waals surface area contributed by atoms with Crippen LogP contribution in [0.25, 0.3) is 0 Å². The summed E-state index contributed by atoms with van der Waals surface area (Å²) in [5.41, 5.74) is 2.59. The van der Waals surface area contributed by atoms with Crippen LogP contribution < -0.4 is 9.62 Å². The van der Waals surface area contributed by atoms with E-state index in [2.05, 4.69) is 5.32 Å². The normalized spacial score (nSPS) is 12.4. The molecule has 0 radical (unpaired) electrons. The van der Waals surface area contributed by atoms with Gasteiger partial charge in [-0.2, -0.15) is 0 Å². The number of anilines is 1. The van der Waals surface area contributed by atoms with E-state index in [4.69, 9.17) is 0 Å². The van der Waals surface area contributed by atoms with Crippen LogP contribution in [0.3, 0.4) is 0 Å². The Balaban J connectivity index is 1.93. The molecule has 0 heterocycles. The van der Waals surface area contributed by atoms with E-state index in [0.29, 0.717) is 12.1 Å². The summed E-state index contributed by atoms with van der Waals surface area (Å²) in [5.74, 6) is -0.0837. The van der Waals surface area contributed by atoms with Crippen LogP contribution in [0.2, 0.25) is 0 Å². The molecule has 1 atom stereocenters. The molecule has 2 aromatic carbocycles. The number of benzene rings is 2. The minimum Gasteiger partial charge on any atom is -0.350 e. The summed E-state index contributed by atoms with van der Waals surface area (Å²) in [6.07, 6.45) is 1.92. The lowest BCUT2D eigenvalue weighted by atomic mass is 10.1. The van der Waals surface area contributed by atoms with E-state index in [9.17, 15) is 13.2 Å². The number of para-hydroxylation sites is 1. The van der Waals surface area contributed by atoms with Crippen LogP contribution >= 0.6 is 0 Å². The zero-order chi connectivity index (χ0) is 19.2. The van der Waals surface area contributed by atoms with Gasteiger partial charge in [0.05, 0.1) is 18.0 Å². The topological polar surface area (TPSA) is 66.5 Å². The van der Waals surface area contributed by atoms with Crippen LogP contribution in [0.5, 0.6) is 0 Å². The highest BCUT2D eigenvalue weighted by molar-refractivity contribution is 7.92. The Hall–Kier alpha value is -2.34. The zero-order valence-corrected chi connectivity index (χ0v) is 16.3. The van der Waals surface area contributed by atoms with Gasteiger partial charge in [0, 0.05) is 13.0 Å². The van der Waals surface area contributed by atoms with Crippen LogP contribution in [0.4, 0.5) is 5.69 Å². The number of hydrogen-bond acceptors (Lipinski definition) is 3. The molecular weight excluding hydrogens is 348 g/mol. The van der Waals surface area contributed by atoms with Gasteiger partial charge in [0.15, 0.2) is 0 Å². The average molecular weight is 375 g/mol. The summed E-state index contributed by atoms with van der Waals surface area (Å²) < 4.78 is 25.7. The summed E-state index contributed by atoms with van der Waals surface area (Å²) in [6.45, 7) is 4.09. The number of carbonyl (C=O) groups is 1. The summed E-state index contributed by atoms with van der Waals surface area (Å²) in [5, 5.41) is 2.95. The van der Waals surface area contributed by atoms with E-state index in [-0.39, 0.29) is 24.9 Å². The lowest BCUT2D eigenvalue weighted by Gasteiger charge is -2.24. The number of amides is 1. The molecule has 0 saturated heterocycles. The molecule has 0 aromatic heterocycles. The van der Waals surface area contributed by atoms with Gasteiger partial charge in [0.2, 0.25) is 15.9 Å². The zero-order valence-electron chi connectivity index (χ0n) is 15.5. The number of carbonyl (C=O) groups excluding carboxylic acids is 1. The molecule has 0 aliphatic rings. The Morgan fingerprint density at radius 2 is 1.69 bits per heavy atom. The molecule has 0 saturated carbocycles. The van der Waals surface area contributed by atoms with Crippen LogP contribution in [-0.4, -0.2) is 27.1 Å². The second-order valence-corrected chi connectivity index (χ2v) is 8.33. The molecular formula is C20H26N2O3S. The third-order valence-corrected chi connectivity index (χ3v) is 5.41. The van der Waals surface area contributed by atoms with Gasteiger partial charge in [-0.1, -0.05) is 48.5 Å². The first-order valence-electron chi connectivity index (χ1n) is 8.66. The van der Waals surface area contributed by atoms with Gasteiger partial charge in [-0.05, 0) is 37.5 Å². The highest BCUT2D eigenvalue weighted by atomic mass is 32.2. The van der Waals surface area contributed by atoms with Gasteiger partial charge in [-0.25, -0.2) is 8.42 Å². The van der Waals surface area contributed by atoms with Gasteiger partial charge >= 0.3 is 0 Å². The molecule has 2 rings (SSSR count). The number of aryl methyl sites for hydroxylation is 1. The van der Waals surface area contributed by atoms with Crippen molar-refractivity contribution in [2.24, 2.45) is 0 Å². The fourth-order valence-corrected chi connectivity index (χ4v) is 3.85. The molecule has 0 aliphatic heterocycles. The van der Waals surface area contributed by atoms with Crippen molar-refractivity contribution in [3.8, 4) is 0 Å². The molecule has 1 N–H and O–H groups in total. The SMILES string of the molecule is Cc1ccccc1N(CCCC(=O)N[C@@H](C)c1ccccc1)S(C)(=O)=O. The second-order valence-electron chi connectivity index (χ2n) is 6.43. The molecule has 0 fully saturated rings. The summed E-state index contributed by atoms with van der Waals surface area (Å²) >= 11 is 0. The summed E-state index contributed by atoms with van der Waals surface area (Å²) in [4.78, 5) is 12.2. The van der Waals surface area contributed by atoms with Crippen molar-refractivity contribution in [3.05, 3.63) is 65.7 Å². The molecule has 0 spiro atoms. The fourth-order valence-electron chi connectivity index (χ4n) is 2.83. The number of nitrogens with zero attached hydrogens (tertiary/aromatic N) is 1. The molecule has 26 heavy (non-hydrogen) atoms. The van der Waals surface area contributed by atoms with E-state index < -0.39 is 10.0 Å². The van der Waals surface area contributed by atoms with Crippen molar-refractivity contribution in [1.29, 1.82) is 0 Å². The summed E-state index contributed by atoms with van der Waals surface area (Å²) in [6, 6.07) is 17.0. The van der Waals surface area contributed by atoms with Crippen LogP contribution in [0.1, 0.15) is 36.9 Å². The largest absolute Gasteiger partial charge is 0.350 e. The number of sulfonamides is 1. The molecule has 140 valence electrons. The maximum atomic E-state index is 12.2. The predicted octanol–water partition coefficient (Wildman–Crippen LogP) is 3.42. The molecule has 1 amide bonds. The molecule has 2 aromatic rings. The molecule has 0 bridgehead atoms. The first-order valence-corrected chi connectivity index (χ1v) is 10.5. The minimum absolute atomic E-state index is 0.0777. The molecule has 0 aliphatic carbocycles.